The van der Waals surface area contributed by atoms with E-state index in [1.165, 1.54) is 0 Å². The van der Waals surface area contributed by atoms with Crippen LogP contribution in [0.2, 0.25) is 0 Å². The van der Waals surface area contributed by atoms with Crippen LogP contribution in [0.1, 0.15) is 24.7 Å². The molecule has 2 aliphatic heterocycles. The van der Waals surface area contributed by atoms with Gasteiger partial charge in [-0.3, -0.25) is 4.79 Å². The van der Waals surface area contributed by atoms with E-state index >= 15 is 0 Å². The summed E-state index contributed by atoms with van der Waals surface area (Å²) in [6, 6.07) is 8.24. The Labute approximate surface area is 146 Å². The summed E-state index contributed by atoms with van der Waals surface area (Å²) in [5, 5.41) is 0. The lowest BCUT2D eigenvalue weighted by atomic mass is 10.0. The molecule has 0 bridgehead atoms. The fraction of sp³-hybridized carbons (Fsp3) is 0.444. The highest BCUT2D eigenvalue weighted by Gasteiger charge is 2.33. The number of nitrogens with zero attached hydrogens (tertiary/aromatic N) is 3. The molecule has 3 heterocycles. The molecule has 0 unspecified atom stereocenters. The van der Waals surface area contributed by atoms with E-state index in [1.54, 1.807) is 11.8 Å². The van der Waals surface area contributed by atoms with Crippen molar-refractivity contribution >= 4 is 17.7 Å². The highest BCUT2D eigenvalue weighted by Crippen LogP contribution is 2.35. The van der Waals surface area contributed by atoms with Crippen LogP contribution in [-0.4, -0.2) is 45.3 Å². The molecule has 5 nitrogen and oxygen atoms in total. The normalized spacial score (nSPS) is 23.5. The predicted molar refractivity (Wildman–Crippen MR) is 93.4 cm³/mol. The van der Waals surface area contributed by atoms with Crippen molar-refractivity contribution in [2.45, 2.75) is 36.8 Å². The van der Waals surface area contributed by atoms with Crippen molar-refractivity contribution in [1.29, 1.82) is 0 Å². The molecule has 1 aromatic carbocycles. The second-order valence-electron chi connectivity index (χ2n) is 6.33. The van der Waals surface area contributed by atoms with E-state index in [2.05, 4.69) is 9.55 Å². The van der Waals surface area contributed by atoms with Crippen LogP contribution < -0.4 is 4.74 Å². The molecule has 6 heteroatoms. The highest BCUT2D eigenvalue weighted by atomic mass is 32.2. The van der Waals surface area contributed by atoms with E-state index in [-0.39, 0.29) is 12.0 Å². The van der Waals surface area contributed by atoms with Gasteiger partial charge in [-0.15, -0.1) is 11.8 Å². The second kappa shape index (κ2) is 6.51. The first-order valence-corrected chi connectivity index (χ1v) is 9.37. The van der Waals surface area contributed by atoms with Gasteiger partial charge in [-0.25, -0.2) is 4.98 Å². The van der Waals surface area contributed by atoms with Gasteiger partial charge in [-0.1, -0.05) is 12.1 Å². The van der Waals surface area contributed by atoms with Crippen molar-refractivity contribution in [1.82, 2.24) is 14.5 Å². The zero-order valence-corrected chi connectivity index (χ0v) is 14.5. The Morgan fingerprint density at radius 2 is 2.25 bits per heavy atom. The van der Waals surface area contributed by atoms with E-state index in [0.29, 0.717) is 11.8 Å². The summed E-state index contributed by atoms with van der Waals surface area (Å²) < 4.78 is 8.15. The van der Waals surface area contributed by atoms with Crippen LogP contribution in [0.4, 0.5) is 0 Å². The minimum Gasteiger partial charge on any atom is -0.479 e. The van der Waals surface area contributed by atoms with Crippen molar-refractivity contribution in [3.63, 3.8) is 0 Å². The van der Waals surface area contributed by atoms with Crippen molar-refractivity contribution in [2.24, 2.45) is 0 Å². The van der Waals surface area contributed by atoms with Gasteiger partial charge in [0, 0.05) is 36.1 Å². The van der Waals surface area contributed by atoms with Gasteiger partial charge in [-0.05, 0) is 31.9 Å². The Kier molecular flexibility index (Phi) is 4.22. The Hall–Kier alpha value is -1.95. The van der Waals surface area contributed by atoms with Crippen LogP contribution in [0, 0.1) is 6.92 Å². The third-order valence-electron chi connectivity index (χ3n) is 4.75. The number of amides is 1. The number of fused-ring (bicyclic) bond motifs is 1. The summed E-state index contributed by atoms with van der Waals surface area (Å²) >= 11 is 1.70. The number of hydrogen-bond acceptors (Lipinski definition) is 4. The molecular formula is C18H21N3O2S. The number of aromatic nitrogens is 2. The van der Waals surface area contributed by atoms with Crippen molar-refractivity contribution in [2.75, 3.05) is 18.8 Å². The summed E-state index contributed by atoms with van der Waals surface area (Å²) in [5.41, 5.74) is 0. The molecule has 2 aromatic rings. The molecule has 0 spiro atoms. The van der Waals surface area contributed by atoms with Crippen LogP contribution in [-0.2, 0) is 4.79 Å². The van der Waals surface area contributed by atoms with Crippen LogP contribution in [0.15, 0.2) is 41.6 Å². The number of aryl methyl sites for hydroxylation is 1. The molecule has 1 fully saturated rings. The maximum Gasteiger partial charge on any atom is 0.264 e. The summed E-state index contributed by atoms with van der Waals surface area (Å²) in [6.07, 6.45) is 5.56. The first kappa shape index (κ1) is 15.6. The molecule has 2 atom stereocenters. The molecule has 1 aromatic heterocycles. The van der Waals surface area contributed by atoms with E-state index in [4.69, 9.17) is 4.74 Å². The SMILES string of the molecule is Cc1nccn1[C@@H]1CCCN(C(=O)[C@@H]2CSc3ccccc3O2)C1. The quantitative estimate of drug-likeness (QED) is 0.841. The third-order valence-corrected chi connectivity index (χ3v) is 5.87. The van der Waals surface area contributed by atoms with Gasteiger partial charge >= 0.3 is 0 Å². The number of thioether (sulfide) groups is 1. The van der Waals surface area contributed by atoms with Gasteiger partial charge in [0.1, 0.15) is 11.6 Å². The Balaban J connectivity index is 1.46. The molecule has 0 aliphatic carbocycles. The number of likely N-dealkylation sites (tertiary alicyclic amines) is 1. The summed E-state index contributed by atoms with van der Waals surface area (Å²) in [5.74, 6) is 2.62. The van der Waals surface area contributed by atoms with Crippen LogP contribution in [0.3, 0.4) is 0 Å². The minimum atomic E-state index is -0.382. The van der Waals surface area contributed by atoms with Crippen LogP contribution >= 0.6 is 11.8 Å². The number of carbonyl (C=O) groups excluding carboxylic acids is 1. The molecule has 1 amide bonds. The van der Waals surface area contributed by atoms with Gasteiger partial charge < -0.3 is 14.2 Å². The molecule has 126 valence electrons. The monoisotopic (exact) mass is 343 g/mol. The highest BCUT2D eigenvalue weighted by molar-refractivity contribution is 7.99. The van der Waals surface area contributed by atoms with Gasteiger partial charge in [0.05, 0.1) is 6.04 Å². The smallest absolute Gasteiger partial charge is 0.264 e. The largest absolute Gasteiger partial charge is 0.479 e. The number of imidazole rings is 1. The molecule has 0 saturated carbocycles. The molecule has 4 rings (SSSR count). The van der Waals surface area contributed by atoms with Crippen LogP contribution in [0.5, 0.6) is 5.75 Å². The third kappa shape index (κ3) is 2.90. The Morgan fingerprint density at radius 1 is 1.38 bits per heavy atom. The number of carbonyl (C=O) groups is 1. The predicted octanol–water partition coefficient (Wildman–Crippen LogP) is 2.91. The second-order valence-corrected chi connectivity index (χ2v) is 7.39. The lowest BCUT2D eigenvalue weighted by molar-refractivity contribution is -0.139. The van der Waals surface area contributed by atoms with Gasteiger partial charge in [0.25, 0.3) is 5.91 Å². The summed E-state index contributed by atoms with van der Waals surface area (Å²) in [4.78, 5) is 20.3. The summed E-state index contributed by atoms with van der Waals surface area (Å²) in [6.45, 7) is 3.57. The topological polar surface area (TPSA) is 47.4 Å². The molecular weight excluding hydrogens is 322 g/mol. The number of benzene rings is 1. The number of ether oxygens (including phenoxy) is 1. The van der Waals surface area contributed by atoms with E-state index in [9.17, 15) is 4.79 Å². The molecule has 24 heavy (non-hydrogen) atoms. The first-order chi connectivity index (χ1) is 11.7. The number of rotatable bonds is 2. The zero-order valence-electron chi connectivity index (χ0n) is 13.7. The van der Waals surface area contributed by atoms with Crippen LogP contribution in [0.25, 0.3) is 0 Å². The molecule has 2 aliphatic rings. The Bertz CT molecular complexity index is 745. The fourth-order valence-electron chi connectivity index (χ4n) is 3.50. The number of para-hydroxylation sites is 1. The van der Waals surface area contributed by atoms with Crippen molar-refractivity contribution < 1.29 is 9.53 Å². The lowest BCUT2D eigenvalue weighted by Crippen LogP contribution is -2.48. The van der Waals surface area contributed by atoms with Gasteiger partial charge in [0.2, 0.25) is 0 Å². The lowest BCUT2D eigenvalue weighted by Gasteiger charge is -2.36. The van der Waals surface area contributed by atoms with E-state index in [1.807, 2.05) is 48.5 Å². The van der Waals surface area contributed by atoms with Gasteiger partial charge in [-0.2, -0.15) is 0 Å². The van der Waals surface area contributed by atoms with E-state index in [0.717, 1.165) is 42.4 Å². The Morgan fingerprint density at radius 3 is 3.08 bits per heavy atom. The van der Waals surface area contributed by atoms with Gasteiger partial charge in [0.15, 0.2) is 6.10 Å². The minimum absolute atomic E-state index is 0.111. The maximum absolute atomic E-state index is 12.9. The molecule has 1 saturated heterocycles. The molecule has 0 radical (unpaired) electrons. The zero-order chi connectivity index (χ0) is 16.5. The van der Waals surface area contributed by atoms with E-state index < -0.39 is 0 Å². The average Bonchev–Trinajstić information content (AvgIpc) is 3.07. The number of hydrogen-bond donors (Lipinski definition) is 0. The standard InChI is InChI=1S/C18H21N3O2S/c1-13-19-8-10-21(13)14-5-4-9-20(11-14)18(22)16-12-24-17-7-3-2-6-15(17)23-16/h2-3,6-8,10,14,16H,4-5,9,11-12H2,1H3/t14-,16+/m1/s1. The first-order valence-electron chi connectivity index (χ1n) is 8.39. The molecule has 0 N–H and O–H groups in total. The van der Waals surface area contributed by atoms with Crippen molar-refractivity contribution in [3.05, 3.63) is 42.5 Å². The summed E-state index contributed by atoms with van der Waals surface area (Å²) in [7, 11) is 0. The fourth-order valence-corrected chi connectivity index (χ4v) is 4.48. The van der Waals surface area contributed by atoms with Crippen molar-refractivity contribution in [3.8, 4) is 5.75 Å². The average molecular weight is 343 g/mol. The number of piperidine rings is 1. The maximum atomic E-state index is 12.9.